The van der Waals surface area contributed by atoms with Gasteiger partial charge in [0.15, 0.2) is 0 Å². The molecule has 1 unspecified atom stereocenters. The fraction of sp³-hybridized carbons (Fsp3) is 0.211. The summed E-state index contributed by atoms with van der Waals surface area (Å²) in [5, 5.41) is 4.65. The Hall–Kier alpha value is -2.47. The molecule has 3 aromatic rings. The number of halogens is 1. The topological polar surface area (TPSA) is 58.1 Å². The Morgan fingerprint density at radius 3 is 2.88 bits per heavy atom. The number of fused-ring (bicyclic) bond motifs is 1. The van der Waals surface area contributed by atoms with E-state index in [2.05, 4.69) is 37.3 Å². The minimum absolute atomic E-state index is 0.00719. The molecule has 1 N–H and O–H groups in total. The molecule has 6 heteroatoms. The van der Waals surface area contributed by atoms with Gasteiger partial charge in [0.25, 0.3) is 5.91 Å². The first kappa shape index (κ1) is 16.0. The van der Waals surface area contributed by atoms with E-state index in [1.165, 1.54) is 0 Å². The van der Waals surface area contributed by atoms with Gasteiger partial charge in [0.1, 0.15) is 5.69 Å². The predicted octanol–water partition coefficient (Wildman–Crippen LogP) is 3.72. The Bertz CT molecular complexity index is 916. The SMILES string of the molecule is O=C(c1ccccn1)N1CCC(Nc2ccnc3c(Br)cccc23)C1. The smallest absolute Gasteiger partial charge is 0.272 e. The summed E-state index contributed by atoms with van der Waals surface area (Å²) in [6, 6.07) is 13.7. The second-order valence-electron chi connectivity index (χ2n) is 6.09. The zero-order valence-corrected chi connectivity index (χ0v) is 15.1. The van der Waals surface area contributed by atoms with Crippen molar-refractivity contribution in [2.24, 2.45) is 0 Å². The second kappa shape index (κ2) is 6.80. The van der Waals surface area contributed by atoms with Crippen LogP contribution in [0.1, 0.15) is 16.9 Å². The fourth-order valence-electron chi connectivity index (χ4n) is 3.20. The number of anilines is 1. The molecule has 0 spiro atoms. The number of nitrogens with one attached hydrogen (secondary N) is 1. The molecule has 1 aliphatic rings. The van der Waals surface area contributed by atoms with Gasteiger partial charge in [-0.1, -0.05) is 18.2 Å². The van der Waals surface area contributed by atoms with Crippen molar-refractivity contribution < 1.29 is 4.79 Å². The van der Waals surface area contributed by atoms with Gasteiger partial charge in [0.05, 0.1) is 5.52 Å². The number of rotatable bonds is 3. The number of amides is 1. The average Bonchev–Trinajstić information content (AvgIpc) is 3.11. The van der Waals surface area contributed by atoms with Crippen LogP contribution in [0.25, 0.3) is 10.9 Å². The third-order valence-electron chi connectivity index (χ3n) is 4.44. The minimum atomic E-state index is -0.00719. The van der Waals surface area contributed by atoms with E-state index in [-0.39, 0.29) is 11.9 Å². The lowest BCUT2D eigenvalue weighted by Crippen LogP contribution is -2.32. The molecule has 0 radical (unpaired) electrons. The van der Waals surface area contributed by atoms with Crippen LogP contribution in [0.3, 0.4) is 0 Å². The zero-order valence-electron chi connectivity index (χ0n) is 13.5. The third-order valence-corrected chi connectivity index (χ3v) is 5.08. The van der Waals surface area contributed by atoms with Crippen molar-refractivity contribution in [1.29, 1.82) is 0 Å². The molecule has 126 valence electrons. The number of benzene rings is 1. The monoisotopic (exact) mass is 396 g/mol. The Kier molecular flexibility index (Phi) is 4.36. The van der Waals surface area contributed by atoms with Gasteiger partial charge in [0, 0.05) is 47.1 Å². The molecule has 0 aliphatic carbocycles. The number of hydrogen-bond acceptors (Lipinski definition) is 4. The van der Waals surface area contributed by atoms with Crippen molar-refractivity contribution in [2.45, 2.75) is 12.5 Å². The van der Waals surface area contributed by atoms with Gasteiger partial charge in [-0.15, -0.1) is 0 Å². The molecule has 1 saturated heterocycles. The van der Waals surface area contributed by atoms with Gasteiger partial charge in [-0.25, -0.2) is 0 Å². The number of nitrogens with zero attached hydrogens (tertiary/aromatic N) is 3. The molecule has 1 atom stereocenters. The molecule has 0 saturated carbocycles. The molecule has 4 rings (SSSR count). The van der Waals surface area contributed by atoms with E-state index < -0.39 is 0 Å². The Morgan fingerprint density at radius 1 is 1.12 bits per heavy atom. The molecule has 25 heavy (non-hydrogen) atoms. The predicted molar refractivity (Wildman–Crippen MR) is 102 cm³/mol. The molecule has 2 aromatic heterocycles. The first-order chi connectivity index (χ1) is 12.2. The molecule has 0 bridgehead atoms. The van der Waals surface area contributed by atoms with Gasteiger partial charge >= 0.3 is 0 Å². The fourth-order valence-corrected chi connectivity index (χ4v) is 3.67. The van der Waals surface area contributed by atoms with Crippen LogP contribution < -0.4 is 5.32 Å². The molecule has 1 aliphatic heterocycles. The standard InChI is InChI=1S/C19H17BrN4O/c20-15-5-3-4-14-16(7-10-22-18(14)15)23-13-8-11-24(12-13)19(25)17-6-1-2-9-21-17/h1-7,9-10,13H,8,11-12H2,(H,22,23). The number of para-hydroxylation sites is 1. The van der Waals surface area contributed by atoms with Gasteiger partial charge < -0.3 is 10.2 Å². The van der Waals surface area contributed by atoms with Crippen LogP contribution in [0.4, 0.5) is 5.69 Å². The molecule has 5 nitrogen and oxygen atoms in total. The van der Waals surface area contributed by atoms with Crippen molar-refractivity contribution >= 4 is 38.4 Å². The summed E-state index contributed by atoms with van der Waals surface area (Å²) in [5.41, 5.74) is 2.48. The van der Waals surface area contributed by atoms with E-state index in [0.717, 1.165) is 34.0 Å². The minimum Gasteiger partial charge on any atom is -0.380 e. The molecule has 1 aromatic carbocycles. The largest absolute Gasteiger partial charge is 0.380 e. The first-order valence-electron chi connectivity index (χ1n) is 8.22. The number of aromatic nitrogens is 2. The van der Waals surface area contributed by atoms with E-state index in [1.54, 1.807) is 18.5 Å². The highest BCUT2D eigenvalue weighted by atomic mass is 79.9. The van der Waals surface area contributed by atoms with Gasteiger partial charge in [0.2, 0.25) is 0 Å². The number of carbonyl (C=O) groups excluding carboxylic acids is 1. The van der Waals surface area contributed by atoms with Crippen LogP contribution in [-0.2, 0) is 0 Å². The maximum absolute atomic E-state index is 12.5. The van der Waals surface area contributed by atoms with Crippen LogP contribution in [0, 0.1) is 0 Å². The van der Waals surface area contributed by atoms with E-state index in [4.69, 9.17) is 0 Å². The lowest BCUT2D eigenvalue weighted by molar-refractivity contribution is 0.0786. The first-order valence-corrected chi connectivity index (χ1v) is 9.02. The summed E-state index contributed by atoms with van der Waals surface area (Å²) in [5.74, 6) is -0.00719. The second-order valence-corrected chi connectivity index (χ2v) is 6.94. The maximum Gasteiger partial charge on any atom is 0.272 e. The van der Waals surface area contributed by atoms with Crippen molar-refractivity contribution in [3.05, 3.63) is 65.0 Å². The summed E-state index contributed by atoms with van der Waals surface area (Å²) >= 11 is 3.55. The van der Waals surface area contributed by atoms with Crippen molar-refractivity contribution in [1.82, 2.24) is 14.9 Å². The summed E-state index contributed by atoms with van der Waals surface area (Å²) in [4.78, 5) is 23.0. The zero-order chi connectivity index (χ0) is 17.2. The van der Waals surface area contributed by atoms with Crippen LogP contribution in [-0.4, -0.2) is 39.9 Å². The molecular weight excluding hydrogens is 380 g/mol. The highest BCUT2D eigenvalue weighted by Gasteiger charge is 2.27. The summed E-state index contributed by atoms with van der Waals surface area (Å²) < 4.78 is 0.979. The number of carbonyl (C=O) groups is 1. The Labute approximate surface area is 154 Å². The molecule has 1 amide bonds. The molecule has 3 heterocycles. The average molecular weight is 397 g/mol. The third kappa shape index (κ3) is 3.22. The van der Waals surface area contributed by atoms with Crippen molar-refractivity contribution in [3.8, 4) is 0 Å². The van der Waals surface area contributed by atoms with E-state index >= 15 is 0 Å². The van der Waals surface area contributed by atoms with Gasteiger partial charge in [-0.3, -0.25) is 14.8 Å². The highest BCUT2D eigenvalue weighted by Crippen LogP contribution is 2.28. The summed E-state index contributed by atoms with van der Waals surface area (Å²) in [6.07, 6.45) is 4.37. The number of hydrogen-bond donors (Lipinski definition) is 1. The lowest BCUT2D eigenvalue weighted by atomic mass is 10.1. The Morgan fingerprint density at radius 2 is 2.04 bits per heavy atom. The van der Waals surface area contributed by atoms with Crippen molar-refractivity contribution in [3.63, 3.8) is 0 Å². The van der Waals surface area contributed by atoms with Gasteiger partial charge in [-0.05, 0) is 46.6 Å². The quantitative estimate of drug-likeness (QED) is 0.732. The normalized spacial score (nSPS) is 17.0. The highest BCUT2D eigenvalue weighted by molar-refractivity contribution is 9.10. The van der Waals surface area contributed by atoms with Crippen LogP contribution >= 0.6 is 15.9 Å². The number of likely N-dealkylation sites (tertiary alicyclic amines) is 1. The van der Waals surface area contributed by atoms with Crippen LogP contribution in [0.2, 0.25) is 0 Å². The molecule has 1 fully saturated rings. The Balaban J connectivity index is 1.50. The van der Waals surface area contributed by atoms with Crippen LogP contribution in [0.15, 0.2) is 59.3 Å². The lowest BCUT2D eigenvalue weighted by Gasteiger charge is -2.18. The van der Waals surface area contributed by atoms with Gasteiger partial charge in [-0.2, -0.15) is 0 Å². The summed E-state index contributed by atoms with van der Waals surface area (Å²) in [7, 11) is 0. The van der Waals surface area contributed by atoms with Crippen molar-refractivity contribution in [2.75, 3.05) is 18.4 Å². The van der Waals surface area contributed by atoms with E-state index in [0.29, 0.717) is 12.2 Å². The van der Waals surface area contributed by atoms with Crippen LogP contribution in [0.5, 0.6) is 0 Å². The maximum atomic E-state index is 12.5. The molecular formula is C19H17BrN4O. The van der Waals surface area contributed by atoms with E-state index in [9.17, 15) is 4.79 Å². The number of pyridine rings is 2. The van der Waals surface area contributed by atoms with E-state index in [1.807, 2.05) is 35.2 Å². The summed E-state index contributed by atoms with van der Waals surface area (Å²) in [6.45, 7) is 1.41.